The first-order valence-corrected chi connectivity index (χ1v) is 9.97. The molecule has 0 spiro atoms. The number of imidazole rings is 1. The largest absolute Gasteiger partial charge is 0.336 e. The maximum absolute atomic E-state index is 6.10. The lowest BCUT2D eigenvalue weighted by Crippen LogP contribution is -2.30. The number of nitrogens with one attached hydrogen (secondary N) is 1. The fourth-order valence-electron chi connectivity index (χ4n) is 3.37. The Labute approximate surface area is 179 Å². The van der Waals surface area contributed by atoms with Crippen molar-refractivity contribution < 1.29 is 0 Å². The van der Waals surface area contributed by atoms with Crippen LogP contribution in [0.15, 0.2) is 67.0 Å². The molecule has 0 radical (unpaired) electrons. The highest BCUT2D eigenvalue weighted by atomic mass is 35.5. The Morgan fingerprint density at radius 2 is 1.86 bits per heavy atom. The SMILES string of the molecule is CN(Cn1[nH]c(-c2ccccc2)nc1=S)[C@@H](c1ccc(Cl)cc1)c1nccn1C. The third kappa shape index (κ3) is 4.17. The van der Waals surface area contributed by atoms with Crippen LogP contribution in [0, 0.1) is 4.77 Å². The van der Waals surface area contributed by atoms with Crippen molar-refractivity contribution in [1.29, 1.82) is 0 Å². The van der Waals surface area contributed by atoms with Crippen molar-refractivity contribution in [3.8, 4) is 11.4 Å². The third-order valence-corrected chi connectivity index (χ3v) is 5.38. The zero-order valence-electron chi connectivity index (χ0n) is 16.2. The van der Waals surface area contributed by atoms with Gasteiger partial charge in [0.15, 0.2) is 5.82 Å². The molecule has 6 nitrogen and oxygen atoms in total. The summed E-state index contributed by atoms with van der Waals surface area (Å²) >= 11 is 11.6. The maximum atomic E-state index is 6.10. The second-order valence-corrected chi connectivity index (χ2v) is 7.70. The number of aryl methyl sites for hydroxylation is 1. The van der Waals surface area contributed by atoms with Gasteiger partial charge in [-0.25, -0.2) is 9.67 Å². The Hall–Kier alpha value is -2.74. The molecule has 0 amide bonds. The van der Waals surface area contributed by atoms with Crippen molar-refractivity contribution in [2.75, 3.05) is 7.05 Å². The number of nitrogens with zero attached hydrogens (tertiary/aromatic N) is 5. The van der Waals surface area contributed by atoms with E-state index in [9.17, 15) is 0 Å². The highest BCUT2D eigenvalue weighted by Gasteiger charge is 2.24. The molecule has 4 rings (SSSR count). The van der Waals surface area contributed by atoms with Gasteiger partial charge in [-0.05, 0) is 37.0 Å². The van der Waals surface area contributed by atoms with Crippen molar-refractivity contribution in [2.24, 2.45) is 7.05 Å². The second-order valence-electron chi connectivity index (χ2n) is 6.90. The van der Waals surface area contributed by atoms with Gasteiger partial charge in [0.05, 0.1) is 12.7 Å². The number of hydrogen-bond acceptors (Lipinski definition) is 4. The van der Waals surface area contributed by atoms with E-state index in [4.69, 9.17) is 23.8 Å². The number of H-pyrrole nitrogens is 1. The van der Waals surface area contributed by atoms with Gasteiger partial charge in [0.25, 0.3) is 0 Å². The van der Waals surface area contributed by atoms with E-state index in [0.29, 0.717) is 16.5 Å². The van der Waals surface area contributed by atoms with Crippen LogP contribution in [0.1, 0.15) is 17.4 Å². The predicted molar refractivity (Wildman–Crippen MR) is 117 cm³/mol. The second kappa shape index (κ2) is 8.32. The van der Waals surface area contributed by atoms with Crippen molar-refractivity contribution in [3.63, 3.8) is 0 Å². The minimum Gasteiger partial charge on any atom is -0.336 e. The molecule has 0 fully saturated rings. The van der Waals surface area contributed by atoms with Gasteiger partial charge < -0.3 is 4.57 Å². The Kier molecular flexibility index (Phi) is 5.62. The van der Waals surface area contributed by atoms with E-state index >= 15 is 0 Å². The summed E-state index contributed by atoms with van der Waals surface area (Å²) in [5.41, 5.74) is 2.10. The van der Waals surface area contributed by atoms with Crippen molar-refractivity contribution in [1.82, 2.24) is 29.2 Å². The van der Waals surface area contributed by atoms with Gasteiger partial charge in [0.2, 0.25) is 4.77 Å². The van der Waals surface area contributed by atoms with Gasteiger partial charge in [-0.3, -0.25) is 10.00 Å². The normalized spacial score (nSPS) is 12.4. The van der Waals surface area contributed by atoms with Gasteiger partial charge in [-0.2, -0.15) is 4.98 Å². The van der Waals surface area contributed by atoms with Gasteiger partial charge in [0.1, 0.15) is 5.82 Å². The highest BCUT2D eigenvalue weighted by molar-refractivity contribution is 7.71. The standard InChI is InChI=1S/C21H21ClN6S/c1-26-13-12-23-20(26)18(15-8-10-17(22)11-9-15)27(2)14-28-21(29)24-19(25-28)16-6-4-3-5-7-16/h3-13,18H,14H2,1-2H3,(H,24,25,29)/t18-/m0/s1. The monoisotopic (exact) mass is 424 g/mol. The van der Waals surface area contributed by atoms with Crippen molar-refractivity contribution >= 4 is 23.8 Å². The van der Waals surface area contributed by atoms with Crippen LogP contribution in [0.2, 0.25) is 5.02 Å². The molecule has 0 bridgehead atoms. The van der Waals surface area contributed by atoms with Crippen molar-refractivity contribution in [3.05, 3.63) is 88.2 Å². The average molecular weight is 425 g/mol. The van der Waals surface area contributed by atoms with E-state index in [1.165, 1.54) is 0 Å². The molecule has 0 aliphatic heterocycles. The number of halogens is 1. The van der Waals surface area contributed by atoms with Crippen LogP contribution in [-0.4, -0.2) is 36.3 Å². The first kappa shape index (κ1) is 19.6. The molecule has 0 unspecified atom stereocenters. The lowest BCUT2D eigenvalue weighted by atomic mass is 10.1. The fraction of sp³-hybridized carbons (Fsp3) is 0.190. The Bertz CT molecular complexity index is 1150. The molecule has 0 aliphatic carbocycles. The molecule has 29 heavy (non-hydrogen) atoms. The molecule has 4 aromatic rings. The maximum Gasteiger partial charge on any atom is 0.217 e. The van der Waals surface area contributed by atoms with Gasteiger partial charge in [-0.1, -0.05) is 54.1 Å². The highest BCUT2D eigenvalue weighted by Crippen LogP contribution is 2.28. The summed E-state index contributed by atoms with van der Waals surface area (Å²) in [5, 5.41) is 4.02. The molecule has 0 saturated heterocycles. The number of benzene rings is 2. The topological polar surface area (TPSA) is 54.7 Å². The van der Waals surface area contributed by atoms with E-state index in [1.54, 1.807) is 6.20 Å². The lowest BCUT2D eigenvalue weighted by molar-refractivity contribution is 0.199. The molecule has 0 saturated carbocycles. The lowest BCUT2D eigenvalue weighted by Gasteiger charge is -2.28. The number of rotatable bonds is 6. The molecular weight excluding hydrogens is 404 g/mol. The first-order valence-electron chi connectivity index (χ1n) is 9.18. The predicted octanol–water partition coefficient (Wildman–Crippen LogP) is 4.67. The third-order valence-electron chi connectivity index (χ3n) is 4.82. The van der Waals surface area contributed by atoms with Crippen LogP contribution in [0.5, 0.6) is 0 Å². The molecular formula is C21H21ClN6S. The molecule has 1 atom stereocenters. The Balaban J connectivity index is 1.66. The number of aromatic amines is 1. The smallest absolute Gasteiger partial charge is 0.217 e. The Morgan fingerprint density at radius 1 is 1.14 bits per heavy atom. The van der Waals surface area contributed by atoms with Gasteiger partial charge in [-0.15, -0.1) is 0 Å². The molecule has 2 heterocycles. The molecule has 0 aliphatic rings. The quantitative estimate of drug-likeness (QED) is 0.457. The first-order chi connectivity index (χ1) is 14.0. The average Bonchev–Trinajstić information content (AvgIpc) is 3.30. The van der Waals surface area contributed by atoms with E-state index in [-0.39, 0.29) is 6.04 Å². The zero-order valence-corrected chi connectivity index (χ0v) is 17.7. The fourth-order valence-corrected chi connectivity index (χ4v) is 3.69. The van der Waals surface area contributed by atoms with Gasteiger partial charge >= 0.3 is 0 Å². The van der Waals surface area contributed by atoms with Crippen LogP contribution in [0.3, 0.4) is 0 Å². The van der Waals surface area contributed by atoms with E-state index in [2.05, 4.69) is 20.0 Å². The van der Waals surface area contributed by atoms with Crippen LogP contribution >= 0.6 is 23.8 Å². The van der Waals surface area contributed by atoms with E-state index in [1.807, 2.05) is 84.1 Å². The summed E-state index contributed by atoms with van der Waals surface area (Å²) in [6, 6.07) is 17.7. The Morgan fingerprint density at radius 3 is 2.52 bits per heavy atom. The summed E-state index contributed by atoms with van der Waals surface area (Å²) < 4.78 is 4.39. The molecule has 2 aromatic carbocycles. The van der Waals surface area contributed by atoms with Crippen LogP contribution in [0.4, 0.5) is 0 Å². The summed E-state index contributed by atoms with van der Waals surface area (Å²) in [5.74, 6) is 1.69. The van der Waals surface area contributed by atoms with Gasteiger partial charge in [0, 0.05) is 30.0 Å². The molecule has 148 valence electrons. The van der Waals surface area contributed by atoms with E-state index < -0.39 is 0 Å². The summed E-state index contributed by atoms with van der Waals surface area (Å²) in [6.45, 7) is 0.527. The van der Waals surface area contributed by atoms with Crippen LogP contribution in [0.25, 0.3) is 11.4 Å². The number of hydrogen-bond donors (Lipinski definition) is 1. The zero-order chi connectivity index (χ0) is 20.4. The summed E-state index contributed by atoms with van der Waals surface area (Å²) in [7, 11) is 4.03. The van der Waals surface area contributed by atoms with Crippen LogP contribution in [-0.2, 0) is 13.7 Å². The number of aromatic nitrogens is 5. The molecule has 1 N–H and O–H groups in total. The van der Waals surface area contributed by atoms with E-state index in [0.717, 1.165) is 22.8 Å². The minimum atomic E-state index is -0.0716. The molecule has 8 heteroatoms. The minimum absolute atomic E-state index is 0.0716. The summed E-state index contributed by atoms with van der Waals surface area (Å²) in [4.78, 5) is 11.3. The van der Waals surface area contributed by atoms with Crippen molar-refractivity contribution in [2.45, 2.75) is 12.7 Å². The summed E-state index contributed by atoms with van der Waals surface area (Å²) in [6.07, 6.45) is 3.75. The molecule has 2 aromatic heterocycles. The van der Waals surface area contributed by atoms with Crippen LogP contribution < -0.4 is 0 Å².